The predicted molar refractivity (Wildman–Crippen MR) is 155 cm³/mol. The van der Waals surface area contributed by atoms with Crippen molar-refractivity contribution in [2.45, 2.75) is 38.1 Å². The molecule has 0 aliphatic carbocycles. The van der Waals surface area contributed by atoms with E-state index in [0.717, 1.165) is 9.87 Å². The number of fused-ring (bicyclic) bond motifs is 1. The van der Waals surface area contributed by atoms with Crippen LogP contribution in [0.2, 0.25) is 0 Å². The van der Waals surface area contributed by atoms with E-state index in [1.165, 1.54) is 0 Å². The van der Waals surface area contributed by atoms with Gasteiger partial charge in [-0.25, -0.2) is 8.42 Å². The third-order valence-electron chi connectivity index (χ3n) is 6.60. The quantitative estimate of drug-likeness (QED) is 0.293. The lowest BCUT2D eigenvalue weighted by atomic mass is 10.1. The molecule has 1 unspecified atom stereocenters. The first kappa shape index (κ1) is 27.0. The predicted octanol–water partition coefficient (Wildman–Crippen LogP) is 5.95. The van der Waals surface area contributed by atoms with Gasteiger partial charge in [0.05, 0.1) is 22.7 Å². The number of benzene rings is 4. The highest BCUT2D eigenvalue weighted by Gasteiger charge is 2.43. The third kappa shape index (κ3) is 5.41. The number of nitrogens with one attached hydrogen (secondary N) is 2. The number of carbonyl (C=O) groups excluding carboxylic acids is 2. The van der Waals surface area contributed by atoms with Crippen LogP contribution in [0.4, 0.5) is 17.1 Å². The molecule has 2 amide bonds. The summed E-state index contributed by atoms with van der Waals surface area (Å²) in [5, 5.41) is 5.53. The zero-order valence-corrected chi connectivity index (χ0v) is 23.2. The van der Waals surface area contributed by atoms with Crippen molar-refractivity contribution in [2.75, 3.05) is 14.9 Å². The highest BCUT2D eigenvalue weighted by molar-refractivity contribution is 7.93. The van der Waals surface area contributed by atoms with E-state index in [0.29, 0.717) is 39.7 Å². The minimum Gasteiger partial charge on any atom is -0.457 e. The van der Waals surface area contributed by atoms with Crippen LogP contribution in [-0.4, -0.2) is 26.3 Å². The van der Waals surface area contributed by atoms with Gasteiger partial charge >= 0.3 is 0 Å². The molecular formula is C31H29N3O5S. The van der Waals surface area contributed by atoms with Gasteiger partial charge in [0.25, 0.3) is 10.0 Å². The summed E-state index contributed by atoms with van der Waals surface area (Å²) in [5.41, 5.74) is 3.23. The van der Waals surface area contributed by atoms with Gasteiger partial charge in [-0.15, -0.1) is 0 Å². The zero-order valence-electron chi connectivity index (χ0n) is 22.3. The Balaban J connectivity index is 1.42. The van der Waals surface area contributed by atoms with Crippen LogP contribution in [0.3, 0.4) is 0 Å². The van der Waals surface area contributed by atoms with E-state index in [-0.39, 0.29) is 11.3 Å². The van der Waals surface area contributed by atoms with Crippen molar-refractivity contribution < 1.29 is 22.7 Å². The van der Waals surface area contributed by atoms with Crippen LogP contribution in [0.15, 0.2) is 95.9 Å². The largest absolute Gasteiger partial charge is 0.457 e. The molecule has 204 valence electrons. The van der Waals surface area contributed by atoms with Crippen molar-refractivity contribution in [2.24, 2.45) is 0 Å². The molecule has 1 aliphatic rings. The molecule has 1 heterocycles. The number of carbonyl (C=O) groups is 2. The Labute approximate surface area is 233 Å². The van der Waals surface area contributed by atoms with Gasteiger partial charge in [0.2, 0.25) is 11.8 Å². The van der Waals surface area contributed by atoms with E-state index < -0.39 is 27.9 Å². The van der Waals surface area contributed by atoms with Crippen LogP contribution >= 0.6 is 0 Å². The number of hydrogen-bond acceptors (Lipinski definition) is 5. The minimum atomic E-state index is -4.21. The van der Waals surface area contributed by atoms with E-state index in [1.807, 2.05) is 37.3 Å². The maximum atomic E-state index is 14.2. The van der Waals surface area contributed by atoms with E-state index in [4.69, 9.17) is 4.74 Å². The Morgan fingerprint density at radius 3 is 2.15 bits per heavy atom. The molecule has 4 aromatic carbocycles. The summed E-state index contributed by atoms with van der Waals surface area (Å²) in [6.45, 7) is 5.36. The van der Waals surface area contributed by atoms with Gasteiger partial charge in [-0.2, -0.15) is 0 Å². The molecule has 1 atom stereocenters. The lowest BCUT2D eigenvalue weighted by molar-refractivity contribution is -0.122. The number of rotatable bonds is 7. The summed E-state index contributed by atoms with van der Waals surface area (Å²) >= 11 is 0. The molecule has 5 rings (SSSR count). The first-order chi connectivity index (χ1) is 19.1. The standard InChI is InChI=1S/C31H29N3O5S/c1-20-17-21(2)30(22(3)18-20)40(37,38)34-27-12-8-7-11-26(27)33-31(36)28(34)19-29(35)32-23-13-15-25(16-14-23)39-24-9-5-4-6-10-24/h4-18,28H,19H2,1-3H3,(H,32,35)(H,33,36). The molecule has 1 aliphatic heterocycles. The molecule has 2 N–H and O–H groups in total. The second-order valence-electron chi connectivity index (χ2n) is 9.74. The highest BCUT2D eigenvalue weighted by Crippen LogP contribution is 2.39. The lowest BCUT2D eigenvalue weighted by Gasteiger charge is -2.37. The Hall–Kier alpha value is -4.63. The summed E-state index contributed by atoms with van der Waals surface area (Å²) < 4.78 is 35.2. The number of anilines is 3. The van der Waals surface area contributed by atoms with Crippen molar-refractivity contribution in [1.29, 1.82) is 0 Å². The molecule has 9 heteroatoms. The molecule has 0 saturated carbocycles. The minimum absolute atomic E-state index is 0.127. The number of aryl methyl sites for hydroxylation is 3. The molecule has 8 nitrogen and oxygen atoms in total. The second-order valence-corrected chi connectivity index (χ2v) is 11.5. The molecular weight excluding hydrogens is 526 g/mol. The molecule has 0 spiro atoms. The Bertz CT molecular complexity index is 1660. The van der Waals surface area contributed by atoms with Crippen LogP contribution in [0, 0.1) is 20.8 Å². The first-order valence-corrected chi connectivity index (χ1v) is 14.2. The van der Waals surface area contributed by atoms with Gasteiger partial charge in [0.1, 0.15) is 17.5 Å². The van der Waals surface area contributed by atoms with E-state index in [2.05, 4.69) is 10.6 Å². The summed E-state index contributed by atoms with van der Waals surface area (Å²) in [6.07, 6.45) is -0.383. The topological polar surface area (TPSA) is 105 Å². The van der Waals surface area contributed by atoms with Crippen LogP contribution < -0.4 is 19.7 Å². The molecule has 4 aromatic rings. The molecule has 0 saturated heterocycles. The van der Waals surface area contributed by atoms with Crippen molar-refractivity contribution in [1.82, 2.24) is 0 Å². The lowest BCUT2D eigenvalue weighted by Crippen LogP contribution is -2.52. The number of para-hydroxylation sites is 3. The van der Waals surface area contributed by atoms with Gasteiger partial charge in [-0.3, -0.25) is 13.9 Å². The Morgan fingerprint density at radius 2 is 1.48 bits per heavy atom. The molecule has 0 aromatic heterocycles. The summed E-state index contributed by atoms with van der Waals surface area (Å²) in [4.78, 5) is 26.5. The Kier molecular flexibility index (Phi) is 7.32. The summed E-state index contributed by atoms with van der Waals surface area (Å²) in [5.74, 6) is 0.192. The molecule has 40 heavy (non-hydrogen) atoms. The number of hydrogen-bond donors (Lipinski definition) is 2. The normalized spacial score (nSPS) is 14.7. The van der Waals surface area contributed by atoms with Crippen LogP contribution in [0.25, 0.3) is 0 Å². The van der Waals surface area contributed by atoms with E-state index in [9.17, 15) is 18.0 Å². The van der Waals surface area contributed by atoms with Crippen LogP contribution in [0.1, 0.15) is 23.1 Å². The van der Waals surface area contributed by atoms with Gasteiger partial charge in [0, 0.05) is 5.69 Å². The van der Waals surface area contributed by atoms with Gasteiger partial charge in [-0.1, -0.05) is 48.0 Å². The number of sulfonamides is 1. The fourth-order valence-electron chi connectivity index (χ4n) is 5.03. The van der Waals surface area contributed by atoms with Gasteiger partial charge < -0.3 is 15.4 Å². The highest BCUT2D eigenvalue weighted by atomic mass is 32.2. The summed E-state index contributed by atoms with van der Waals surface area (Å²) in [6, 6.07) is 25.1. The maximum absolute atomic E-state index is 14.2. The van der Waals surface area contributed by atoms with Crippen molar-refractivity contribution in [3.05, 3.63) is 108 Å². The molecule has 0 bridgehead atoms. The van der Waals surface area contributed by atoms with Crippen LogP contribution in [0.5, 0.6) is 11.5 Å². The summed E-state index contributed by atoms with van der Waals surface area (Å²) in [7, 11) is -4.21. The SMILES string of the molecule is Cc1cc(C)c(S(=O)(=O)N2c3ccccc3NC(=O)C2CC(=O)Nc2ccc(Oc3ccccc3)cc2)c(C)c1. The number of amides is 2. The Morgan fingerprint density at radius 1 is 0.875 bits per heavy atom. The smallest absolute Gasteiger partial charge is 0.265 e. The monoisotopic (exact) mass is 555 g/mol. The van der Waals surface area contributed by atoms with E-state index >= 15 is 0 Å². The third-order valence-corrected chi connectivity index (χ3v) is 8.73. The van der Waals surface area contributed by atoms with Gasteiger partial charge in [0.15, 0.2) is 0 Å². The number of nitrogens with zero attached hydrogens (tertiary/aromatic N) is 1. The average molecular weight is 556 g/mol. The van der Waals surface area contributed by atoms with Crippen molar-refractivity contribution in [3.8, 4) is 11.5 Å². The fourth-order valence-corrected chi connectivity index (χ4v) is 7.08. The number of ether oxygens (including phenoxy) is 1. The van der Waals surface area contributed by atoms with Crippen LogP contribution in [-0.2, 0) is 19.6 Å². The van der Waals surface area contributed by atoms with Gasteiger partial charge in [-0.05, 0) is 80.4 Å². The first-order valence-electron chi connectivity index (χ1n) is 12.8. The van der Waals surface area contributed by atoms with Crippen molar-refractivity contribution in [3.63, 3.8) is 0 Å². The zero-order chi connectivity index (χ0) is 28.4. The average Bonchev–Trinajstić information content (AvgIpc) is 2.90. The second kappa shape index (κ2) is 10.9. The maximum Gasteiger partial charge on any atom is 0.265 e. The van der Waals surface area contributed by atoms with Crippen molar-refractivity contribution >= 4 is 38.9 Å². The molecule has 0 radical (unpaired) electrons. The fraction of sp³-hybridized carbons (Fsp3) is 0.161. The molecule has 0 fully saturated rings. The van der Waals surface area contributed by atoms with E-state index in [1.54, 1.807) is 74.5 Å².